The molecule has 1 aromatic carbocycles. The largest absolute Gasteiger partial charge is 0.491 e. The molecular formula is C21H21F4N5O2. The first-order valence-electron chi connectivity index (χ1n) is 10.2. The van der Waals surface area contributed by atoms with Crippen molar-refractivity contribution in [2.75, 3.05) is 31.6 Å². The smallest absolute Gasteiger partial charge is 0.431 e. The molecule has 2 aromatic heterocycles. The van der Waals surface area contributed by atoms with Crippen molar-refractivity contribution in [1.82, 2.24) is 19.9 Å². The zero-order chi connectivity index (χ0) is 22.5. The first-order valence-corrected chi connectivity index (χ1v) is 10.2. The normalized spacial score (nSPS) is 24.2. The van der Waals surface area contributed by atoms with Gasteiger partial charge in [0.2, 0.25) is 0 Å². The lowest BCUT2D eigenvalue weighted by molar-refractivity contribution is -0.140. The van der Waals surface area contributed by atoms with Crippen LogP contribution in [-0.4, -0.2) is 58.3 Å². The maximum absolute atomic E-state index is 14.2. The number of anilines is 1. The Morgan fingerprint density at radius 1 is 1.22 bits per heavy atom. The van der Waals surface area contributed by atoms with Crippen molar-refractivity contribution in [2.45, 2.75) is 31.3 Å². The zero-order valence-electron chi connectivity index (χ0n) is 17.1. The van der Waals surface area contributed by atoms with Gasteiger partial charge < -0.3 is 19.8 Å². The average molecular weight is 451 g/mol. The molecule has 3 aromatic rings. The molecule has 2 aliphatic rings. The van der Waals surface area contributed by atoms with Gasteiger partial charge in [-0.15, -0.1) is 0 Å². The van der Waals surface area contributed by atoms with Gasteiger partial charge in [-0.2, -0.15) is 13.2 Å². The number of nitrogens with zero attached hydrogens (tertiary/aromatic N) is 3. The highest BCUT2D eigenvalue weighted by Crippen LogP contribution is 2.39. The molecule has 0 saturated carbocycles. The summed E-state index contributed by atoms with van der Waals surface area (Å²) < 4.78 is 65.4. The summed E-state index contributed by atoms with van der Waals surface area (Å²) in [4.78, 5) is 12.6. The Hall–Kier alpha value is -2.92. The molecular weight excluding hydrogens is 430 g/mol. The fourth-order valence-corrected chi connectivity index (χ4v) is 4.36. The van der Waals surface area contributed by atoms with Crippen molar-refractivity contribution in [3.63, 3.8) is 0 Å². The average Bonchev–Trinajstić information content (AvgIpc) is 3.20. The number of benzene rings is 1. The second-order valence-corrected chi connectivity index (χ2v) is 8.02. The maximum Gasteiger partial charge on any atom is 0.431 e. The molecule has 0 unspecified atom stereocenters. The third-order valence-corrected chi connectivity index (χ3v) is 5.87. The Balaban J connectivity index is 1.56. The van der Waals surface area contributed by atoms with E-state index < -0.39 is 23.7 Å². The first kappa shape index (κ1) is 21.0. The van der Waals surface area contributed by atoms with E-state index in [1.54, 1.807) is 6.07 Å². The second-order valence-electron chi connectivity index (χ2n) is 8.02. The van der Waals surface area contributed by atoms with Crippen molar-refractivity contribution in [1.29, 1.82) is 0 Å². The van der Waals surface area contributed by atoms with Gasteiger partial charge in [0.05, 0.1) is 30.2 Å². The predicted octanol–water partition coefficient (Wildman–Crippen LogP) is 3.75. The fourth-order valence-electron chi connectivity index (χ4n) is 4.36. The van der Waals surface area contributed by atoms with Gasteiger partial charge in [0, 0.05) is 18.7 Å². The molecule has 170 valence electrons. The molecule has 1 saturated heterocycles. The molecule has 11 heteroatoms. The molecule has 1 fully saturated rings. The summed E-state index contributed by atoms with van der Waals surface area (Å²) in [6, 6.07) is 4.57. The monoisotopic (exact) mass is 451 g/mol. The molecule has 0 bridgehead atoms. The van der Waals surface area contributed by atoms with Crippen LogP contribution in [0.3, 0.4) is 0 Å². The lowest BCUT2D eigenvalue weighted by Crippen LogP contribution is -2.54. The van der Waals surface area contributed by atoms with Crippen LogP contribution in [0.1, 0.15) is 24.2 Å². The molecule has 32 heavy (non-hydrogen) atoms. The van der Waals surface area contributed by atoms with Crippen LogP contribution in [0.15, 0.2) is 30.6 Å². The SMILES string of the molecule is C[C@@H]1CN([C@H]2COc3ccc(F)cc3[C@@H]2Nc2ncnc3[nH]c(C(F)(F)F)cc23)CCO1. The lowest BCUT2D eigenvalue weighted by Gasteiger charge is -2.43. The van der Waals surface area contributed by atoms with Crippen LogP contribution in [-0.2, 0) is 10.9 Å². The molecule has 2 aliphatic heterocycles. The van der Waals surface area contributed by atoms with Crippen molar-refractivity contribution in [3.05, 3.63) is 47.7 Å². The summed E-state index contributed by atoms with van der Waals surface area (Å²) in [5, 5.41) is 3.47. The lowest BCUT2D eigenvalue weighted by atomic mass is 9.94. The highest BCUT2D eigenvalue weighted by molar-refractivity contribution is 5.88. The summed E-state index contributed by atoms with van der Waals surface area (Å²) in [5.41, 5.74) is -0.260. The Morgan fingerprint density at radius 2 is 2.06 bits per heavy atom. The second kappa shape index (κ2) is 7.89. The Bertz CT molecular complexity index is 1140. The van der Waals surface area contributed by atoms with E-state index in [1.807, 2.05) is 6.92 Å². The first-order chi connectivity index (χ1) is 15.3. The van der Waals surface area contributed by atoms with Crippen LogP contribution < -0.4 is 10.1 Å². The molecule has 3 atom stereocenters. The molecule has 0 spiro atoms. The van der Waals surface area contributed by atoms with E-state index in [-0.39, 0.29) is 29.0 Å². The number of morpholine rings is 1. The summed E-state index contributed by atoms with van der Waals surface area (Å²) >= 11 is 0. The minimum absolute atomic E-state index is 0.0167. The quantitative estimate of drug-likeness (QED) is 0.591. The number of aromatic amines is 1. The van der Waals surface area contributed by atoms with Gasteiger partial charge in [0.25, 0.3) is 0 Å². The Labute approximate surface area is 180 Å². The molecule has 0 radical (unpaired) electrons. The zero-order valence-corrected chi connectivity index (χ0v) is 17.1. The third kappa shape index (κ3) is 3.86. The molecule has 0 aliphatic carbocycles. The van der Waals surface area contributed by atoms with Gasteiger partial charge in [-0.1, -0.05) is 0 Å². The summed E-state index contributed by atoms with van der Waals surface area (Å²) in [6.07, 6.45) is -3.33. The number of rotatable bonds is 3. The van der Waals surface area contributed by atoms with Crippen LogP contribution in [0.25, 0.3) is 11.0 Å². The third-order valence-electron chi connectivity index (χ3n) is 5.87. The number of nitrogens with one attached hydrogen (secondary N) is 2. The van der Waals surface area contributed by atoms with Crippen LogP contribution in [0.2, 0.25) is 0 Å². The van der Waals surface area contributed by atoms with E-state index in [1.165, 1.54) is 18.5 Å². The van der Waals surface area contributed by atoms with E-state index in [0.717, 1.165) is 6.07 Å². The number of fused-ring (bicyclic) bond motifs is 2. The summed E-state index contributed by atoms with van der Waals surface area (Å²) in [6.45, 7) is 4.16. The van der Waals surface area contributed by atoms with Crippen molar-refractivity contribution < 1.29 is 27.0 Å². The standard InChI is InChI=1S/C21H21F4N5O2/c1-11-8-30(4-5-31-11)15-9-32-16-3-2-12(22)6-13(16)18(15)29-20-14-7-17(21(23,24)25)28-19(14)26-10-27-20/h2-3,6-7,10-11,15,18H,4-5,8-9H2,1H3,(H2,26,27,28,29)/t11-,15+,18+/m1/s1. The van der Waals surface area contributed by atoms with Crippen molar-refractivity contribution in [2.24, 2.45) is 0 Å². The molecule has 0 amide bonds. The number of ether oxygens (including phenoxy) is 2. The minimum atomic E-state index is -4.54. The number of aromatic nitrogens is 3. The summed E-state index contributed by atoms with van der Waals surface area (Å²) in [5.74, 6) is 0.330. The van der Waals surface area contributed by atoms with E-state index in [4.69, 9.17) is 9.47 Å². The number of halogens is 4. The van der Waals surface area contributed by atoms with Crippen molar-refractivity contribution in [3.8, 4) is 5.75 Å². The van der Waals surface area contributed by atoms with Gasteiger partial charge in [0.1, 0.15) is 41.7 Å². The van der Waals surface area contributed by atoms with Crippen molar-refractivity contribution >= 4 is 16.9 Å². The fraction of sp³-hybridized carbons (Fsp3) is 0.429. The molecule has 2 N–H and O–H groups in total. The number of H-pyrrole nitrogens is 1. The van der Waals surface area contributed by atoms with Crippen LogP contribution in [0.4, 0.5) is 23.4 Å². The minimum Gasteiger partial charge on any atom is -0.491 e. The molecule has 7 nitrogen and oxygen atoms in total. The van der Waals surface area contributed by atoms with Crippen LogP contribution in [0, 0.1) is 5.82 Å². The molecule has 4 heterocycles. The maximum atomic E-state index is 14.2. The number of hydrogen-bond donors (Lipinski definition) is 2. The van der Waals surface area contributed by atoms with Gasteiger partial charge in [-0.25, -0.2) is 14.4 Å². The van der Waals surface area contributed by atoms with Gasteiger partial charge in [-0.05, 0) is 31.2 Å². The van der Waals surface area contributed by atoms with Gasteiger partial charge in [0.15, 0.2) is 0 Å². The Morgan fingerprint density at radius 3 is 2.84 bits per heavy atom. The summed E-state index contributed by atoms with van der Waals surface area (Å²) in [7, 11) is 0. The van der Waals surface area contributed by atoms with E-state index in [0.29, 0.717) is 37.6 Å². The number of alkyl halides is 3. The number of hydrogen-bond acceptors (Lipinski definition) is 6. The Kier molecular flexibility index (Phi) is 5.17. The van der Waals surface area contributed by atoms with Gasteiger partial charge >= 0.3 is 6.18 Å². The predicted molar refractivity (Wildman–Crippen MR) is 108 cm³/mol. The van der Waals surface area contributed by atoms with Gasteiger partial charge in [-0.3, -0.25) is 4.90 Å². The van der Waals surface area contributed by atoms with Crippen LogP contribution in [0.5, 0.6) is 5.75 Å². The van der Waals surface area contributed by atoms with E-state index >= 15 is 0 Å². The van der Waals surface area contributed by atoms with E-state index in [9.17, 15) is 17.6 Å². The topological polar surface area (TPSA) is 75.3 Å². The highest BCUT2D eigenvalue weighted by Gasteiger charge is 2.38. The van der Waals surface area contributed by atoms with Crippen LogP contribution >= 0.6 is 0 Å². The molecule has 5 rings (SSSR count). The van der Waals surface area contributed by atoms with E-state index in [2.05, 4.69) is 25.2 Å². The highest BCUT2D eigenvalue weighted by atomic mass is 19.4.